The second-order valence-electron chi connectivity index (χ2n) is 6.79. The molecule has 3 rings (SSSR count). The van der Waals surface area contributed by atoms with E-state index in [9.17, 15) is 14.4 Å². The first-order valence-electron chi connectivity index (χ1n) is 9.32. The van der Waals surface area contributed by atoms with Gasteiger partial charge in [0, 0.05) is 29.4 Å². The standard InChI is InChI=1S/C24H22N2O3/c1-16(24(29)26-22-13-11-21(12-14-22)25-17(2)27)19-9-6-10-20(15-19)23(28)18-7-4-3-5-8-18/h3-16H,1-2H3,(H,25,27)(H,26,29)/t16-/m1/s1. The van der Waals surface area contributed by atoms with Crippen LogP contribution in [0.3, 0.4) is 0 Å². The maximum Gasteiger partial charge on any atom is 0.231 e. The predicted octanol–water partition coefficient (Wildman–Crippen LogP) is 4.62. The van der Waals surface area contributed by atoms with E-state index in [1.807, 2.05) is 24.3 Å². The Morgan fingerprint density at radius 3 is 1.93 bits per heavy atom. The van der Waals surface area contributed by atoms with Gasteiger partial charge in [-0.15, -0.1) is 0 Å². The Hall–Kier alpha value is -3.73. The molecule has 0 fully saturated rings. The Morgan fingerprint density at radius 2 is 1.31 bits per heavy atom. The summed E-state index contributed by atoms with van der Waals surface area (Å²) < 4.78 is 0. The Labute approximate surface area is 169 Å². The summed E-state index contributed by atoms with van der Waals surface area (Å²) in [5, 5.41) is 5.55. The van der Waals surface area contributed by atoms with E-state index in [0.29, 0.717) is 22.5 Å². The van der Waals surface area contributed by atoms with E-state index in [0.717, 1.165) is 5.56 Å². The molecule has 146 valence electrons. The molecule has 29 heavy (non-hydrogen) atoms. The van der Waals surface area contributed by atoms with Crippen LogP contribution >= 0.6 is 0 Å². The van der Waals surface area contributed by atoms with Gasteiger partial charge in [0.05, 0.1) is 5.92 Å². The molecule has 0 aromatic heterocycles. The van der Waals surface area contributed by atoms with Crippen LogP contribution in [0.4, 0.5) is 11.4 Å². The molecule has 0 spiro atoms. The lowest BCUT2D eigenvalue weighted by Crippen LogP contribution is -2.19. The fraction of sp³-hybridized carbons (Fsp3) is 0.125. The summed E-state index contributed by atoms with van der Waals surface area (Å²) in [6, 6.07) is 23.1. The Morgan fingerprint density at radius 1 is 0.724 bits per heavy atom. The monoisotopic (exact) mass is 386 g/mol. The number of amides is 2. The lowest BCUT2D eigenvalue weighted by Gasteiger charge is -2.14. The first kappa shape index (κ1) is 20.0. The summed E-state index contributed by atoms with van der Waals surface area (Å²) >= 11 is 0. The van der Waals surface area contributed by atoms with E-state index >= 15 is 0 Å². The highest BCUT2D eigenvalue weighted by molar-refractivity contribution is 6.09. The number of nitrogens with one attached hydrogen (secondary N) is 2. The molecule has 3 aromatic carbocycles. The Kier molecular flexibility index (Phi) is 6.19. The maximum absolute atomic E-state index is 12.7. The van der Waals surface area contributed by atoms with Crippen molar-refractivity contribution in [1.82, 2.24) is 0 Å². The van der Waals surface area contributed by atoms with Crippen molar-refractivity contribution in [2.24, 2.45) is 0 Å². The molecule has 0 radical (unpaired) electrons. The first-order valence-corrected chi connectivity index (χ1v) is 9.32. The number of hydrogen-bond donors (Lipinski definition) is 2. The molecule has 0 heterocycles. The molecule has 3 aromatic rings. The minimum atomic E-state index is -0.437. The fourth-order valence-electron chi connectivity index (χ4n) is 2.95. The van der Waals surface area contributed by atoms with Gasteiger partial charge in [-0.1, -0.05) is 48.5 Å². The molecule has 5 nitrogen and oxygen atoms in total. The van der Waals surface area contributed by atoms with Gasteiger partial charge in [-0.25, -0.2) is 0 Å². The zero-order valence-electron chi connectivity index (χ0n) is 16.3. The summed E-state index contributed by atoms with van der Waals surface area (Å²) in [6.45, 7) is 3.24. The summed E-state index contributed by atoms with van der Waals surface area (Å²) in [6.07, 6.45) is 0. The van der Waals surface area contributed by atoms with Crippen LogP contribution in [0, 0.1) is 0 Å². The Balaban J connectivity index is 1.71. The summed E-state index contributed by atoms with van der Waals surface area (Å²) in [7, 11) is 0. The second kappa shape index (κ2) is 8.97. The third-order valence-electron chi connectivity index (χ3n) is 4.55. The number of carbonyl (C=O) groups excluding carboxylic acids is 3. The molecule has 0 aliphatic heterocycles. The van der Waals surface area contributed by atoms with Crippen LogP contribution < -0.4 is 10.6 Å². The van der Waals surface area contributed by atoms with Gasteiger partial charge >= 0.3 is 0 Å². The first-order chi connectivity index (χ1) is 13.9. The normalized spacial score (nSPS) is 11.4. The van der Waals surface area contributed by atoms with Crippen LogP contribution in [-0.2, 0) is 9.59 Å². The summed E-state index contributed by atoms with van der Waals surface area (Å²) in [4.78, 5) is 36.4. The van der Waals surface area contributed by atoms with E-state index < -0.39 is 5.92 Å². The number of carbonyl (C=O) groups is 3. The van der Waals surface area contributed by atoms with Gasteiger partial charge < -0.3 is 10.6 Å². The van der Waals surface area contributed by atoms with Crippen molar-refractivity contribution in [3.8, 4) is 0 Å². The molecule has 5 heteroatoms. The lowest BCUT2D eigenvalue weighted by atomic mass is 9.95. The molecular weight excluding hydrogens is 364 g/mol. The van der Waals surface area contributed by atoms with Gasteiger partial charge in [0.25, 0.3) is 0 Å². The van der Waals surface area contributed by atoms with Crippen molar-refractivity contribution in [3.63, 3.8) is 0 Å². The molecule has 2 N–H and O–H groups in total. The van der Waals surface area contributed by atoms with Gasteiger partial charge in [-0.3, -0.25) is 14.4 Å². The number of benzene rings is 3. The van der Waals surface area contributed by atoms with Crippen molar-refractivity contribution in [3.05, 3.63) is 95.6 Å². The van der Waals surface area contributed by atoms with E-state index in [-0.39, 0.29) is 17.6 Å². The molecule has 0 unspecified atom stereocenters. The quantitative estimate of drug-likeness (QED) is 0.607. The second-order valence-corrected chi connectivity index (χ2v) is 6.79. The van der Waals surface area contributed by atoms with Gasteiger partial charge in [0.15, 0.2) is 5.78 Å². The Bertz CT molecular complexity index is 1030. The maximum atomic E-state index is 12.7. The minimum absolute atomic E-state index is 0.0754. The van der Waals surface area contributed by atoms with E-state index in [1.165, 1.54) is 6.92 Å². The van der Waals surface area contributed by atoms with E-state index in [1.54, 1.807) is 61.5 Å². The third-order valence-corrected chi connectivity index (χ3v) is 4.55. The van der Waals surface area contributed by atoms with Gasteiger partial charge in [0.2, 0.25) is 11.8 Å². The van der Waals surface area contributed by atoms with Crippen LogP contribution in [0.5, 0.6) is 0 Å². The third kappa shape index (κ3) is 5.17. The average Bonchev–Trinajstić information content (AvgIpc) is 2.74. The number of anilines is 2. The largest absolute Gasteiger partial charge is 0.326 e. The molecule has 0 aliphatic rings. The molecule has 0 saturated carbocycles. The zero-order chi connectivity index (χ0) is 20.8. The van der Waals surface area contributed by atoms with Crippen molar-refractivity contribution in [1.29, 1.82) is 0 Å². The van der Waals surface area contributed by atoms with Gasteiger partial charge in [0.1, 0.15) is 0 Å². The van der Waals surface area contributed by atoms with Crippen LogP contribution in [0.15, 0.2) is 78.9 Å². The SMILES string of the molecule is CC(=O)Nc1ccc(NC(=O)[C@H](C)c2cccc(C(=O)c3ccccc3)c2)cc1. The van der Waals surface area contributed by atoms with Gasteiger partial charge in [-0.2, -0.15) is 0 Å². The molecular formula is C24H22N2O3. The van der Waals surface area contributed by atoms with Crippen molar-refractivity contribution < 1.29 is 14.4 Å². The van der Waals surface area contributed by atoms with Crippen molar-refractivity contribution in [2.45, 2.75) is 19.8 Å². The van der Waals surface area contributed by atoms with E-state index in [2.05, 4.69) is 10.6 Å². The van der Waals surface area contributed by atoms with Gasteiger partial charge in [-0.05, 0) is 42.8 Å². The number of rotatable bonds is 6. The molecule has 1 atom stereocenters. The zero-order valence-corrected chi connectivity index (χ0v) is 16.3. The molecule has 0 saturated heterocycles. The lowest BCUT2D eigenvalue weighted by molar-refractivity contribution is -0.117. The molecule has 0 aliphatic carbocycles. The van der Waals surface area contributed by atoms with Crippen LogP contribution in [-0.4, -0.2) is 17.6 Å². The summed E-state index contributed by atoms with van der Waals surface area (Å²) in [5.41, 5.74) is 3.22. The molecule has 0 bridgehead atoms. The smallest absolute Gasteiger partial charge is 0.231 e. The summed E-state index contributed by atoms with van der Waals surface area (Å²) in [5.74, 6) is -0.843. The van der Waals surface area contributed by atoms with Crippen LogP contribution in [0.1, 0.15) is 41.3 Å². The topological polar surface area (TPSA) is 75.3 Å². The highest BCUT2D eigenvalue weighted by atomic mass is 16.2. The van der Waals surface area contributed by atoms with Crippen LogP contribution in [0.2, 0.25) is 0 Å². The van der Waals surface area contributed by atoms with Crippen LogP contribution in [0.25, 0.3) is 0 Å². The highest BCUT2D eigenvalue weighted by Crippen LogP contribution is 2.21. The van der Waals surface area contributed by atoms with Crippen molar-refractivity contribution in [2.75, 3.05) is 10.6 Å². The van der Waals surface area contributed by atoms with E-state index in [4.69, 9.17) is 0 Å². The average molecular weight is 386 g/mol. The number of ketones is 1. The fourth-order valence-corrected chi connectivity index (χ4v) is 2.95. The highest BCUT2D eigenvalue weighted by Gasteiger charge is 2.17. The number of hydrogen-bond acceptors (Lipinski definition) is 3. The minimum Gasteiger partial charge on any atom is -0.326 e. The molecule has 2 amide bonds. The predicted molar refractivity (Wildman–Crippen MR) is 114 cm³/mol. The van der Waals surface area contributed by atoms with Crippen molar-refractivity contribution >= 4 is 29.0 Å².